The molecule has 4 aromatic carbocycles. The second-order valence-electron chi connectivity index (χ2n) is 17.5. The molecule has 0 atom stereocenters. The van der Waals surface area contributed by atoms with Crippen molar-refractivity contribution in [2.45, 2.75) is 78.6 Å². The van der Waals surface area contributed by atoms with Crippen molar-refractivity contribution in [2.75, 3.05) is 0 Å². The second-order valence-corrected chi connectivity index (χ2v) is 49.5. The molecule has 1 aliphatic heterocycles. The number of benzene rings is 4. The molecule has 0 radical (unpaired) electrons. The first-order valence-corrected chi connectivity index (χ1v) is 40.4. The second kappa shape index (κ2) is 17.1. The molecule has 0 N–H and O–H groups in total. The summed E-state index contributed by atoms with van der Waals surface area (Å²) in [6.07, 6.45) is 0. The third-order valence-electron chi connectivity index (χ3n) is 7.55. The number of hydrogen-bond donors (Lipinski definition) is 0. The van der Waals surface area contributed by atoms with Crippen molar-refractivity contribution >= 4 is 136 Å². The summed E-state index contributed by atoms with van der Waals surface area (Å²) < 4.78 is 61.2. The lowest BCUT2D eigenvalue weighted by atomic mass is 10.4. The van der Waals surface area contributed by atoms with E-state index in [0.29, 0.717) is 40.8 Å². The Morgan fingerprint density at radius 1 is 0.339 bits per heavy atom. The van der Waals surface area contributed by atoms with E-state index in [9.17, 15) is 0 Å². The maximum Gasteiger partial charge on any atom is 0.512 e. The lowest BCUT2D eigenvalue weighted by Gasteiger charge is -2.53. The van der Waals surface area contributed by atoms with E-state index in [-0.39, 0.29) is 0 Å². The molecule has 0 aliphatic carbocycles. The largest absolute Gasteiger partial charge is 0.512 e. The van der Waals surface area contributed by atoms with Crippen LogP contribution < -0.4 is 20.7 Å². The van der Waals surface area contributed by atoms with Crippen LogP contribution in [-0.4, -0.2) is 68.5 Å². The Labute approximate surface area is 361 Å². The Balaban J connectivity index is 2.07. The first-order valence-electron chi connectivity index (χ1n) is 18.3. The van der Waals surface area contributed by atoms with Crippen LogP contribution in [0.2, 0.25) is 98.7 Å². The Kier molecular flexibility index (Phi) is 14.2. The predicted octanol–water partition coefficient (Wildman–Crippen LogP) is 9.47. The van der Waals surface area contributed by atoms with Gasteiger partial charge in [-0.15, -0.1) is 0 Å². The molecular formula is C36H52Cl4O8Si8. The molecule has 0 saturated carbocycles. The Morgan fingerprint density at radius 2 is 0.518 bits per heavy atom. The highest BCUT2D eigenvalue weighted by Gasteiger charge is 2.72. The van der Waals surface area contributed by atoms with Crippen LogP contribution in [0.3, 0.4) is 0 Å². The molecule has 1 fully saturated rings. The number of halogens is 4. The van der Waals surface area contributed by atoms with Gasteiger partial charge in [0.25, 0.3) is 0 Å². The van der Waals surface area contributed by atoms with Crippen molar-refractivity contribution < 1.29 is 32.9 Å². The van der Waals surface area contributed by atoms with Gasteiger partial charge in [-0.3, -0.25) is 0 Å². The van der Waals surface area contributed by atoms with Crippen molar-refractivity contribution in [2.24, 2.45) is 0 Å². The molecule has 1 saturated heterocycles. The highest BCUT2D eigenvalue weighted by Crippen LogP contribution is 2.39. The van der Waals surface area contributed by atoms with Crippen molar-refractivity contribution in [1.29, 1.82) is 0 Å². The van der Waals surface area contributed by atoms with Crippen LogP contribution in [-0.2, 0) is 32.9 Å². The van der Waals surface area contributed by atoms with Gasteiger partial charge >= 0.3 is 35.2 Å². The fourth-order valence-electron chi connectivity index (χ4n) is 5.99. The van der Waals surface area contributed by atoms with Crippen LogP contribution in [0.1, 0.15) is 0 Å². The molecular weight excluding hydrogens is 927 g/mol. The fraction of sp³-hybridized carbons (Fsp3) is 0.333. The van der Waals surface area contributed by atoms with E-state index in [1.807, 2.05) is 72.8 Å². The summed E-state index contributed by atoms with van der Waals surface area (Å²) in [5.41, 5.74) is 0. The average molecular weight is 979 g/mol. The molecule has 1 heterocycles. The molecule has 304 valence electrons. The quantitative estimate of drug-likeness (QED) is 0.130. The molecule has 0 spiro atoms. The van der Waals surface area contributed by atoms with Gasteiger partial charge in [0.05, 0.1) is 0 Å². The molecule has 4 aromatic rings. The van der Waals surface area contributed by atoms with Crippen molar-refractivity contribution in [1.82, 2.24) is 0 Å². The van der Waals surface area contributed by atoms with Crippen LogP contribution in [0, 0.1) is 0 Å². The van der Waals surface area contributed by atoms with Gasteiger partial charge in [0.15, 0.2) is 33.3 Å². The Morgan fingerprint density at radius 3 is 0.661 bits per heavy atom. The summed E-state index contributed by atoms with van der Waals surface area (Å²) in [6.45, 7) is 25.0. The molecule has 56 heavy (non-hydrogen) atoms. The molecule has 0 aromatic heterocycles. The van der Waals surface area contributed by atoms with Gasteiger partial charge in [-0.1, -0.05) is 94.9 Å². The van der Waals surface area contributed by atoms with Gasteiger partial charge in [0.2, 0.25) is 0 Å². The molecule has 0 bridgehead atoms. The van der Waals surface area contributed by atoms with Gasteiger partial charge in [-0.25, -0.2) is 0 Å². The zero-order valence-electron chi connectivity index (χ0n) is 34.0. The van der Waals surface area contributed by atoms with E-state index < -0.39 is 68.5 Å². The average Bonchev–Trinajstić information content (AvgIpc) is 3.01. The first-order chi connectivity index (χ1) is 25.7. The van der Waals surface area contributed by atoms with E-state index in [4.69, 9.17) is 79.3 Å². The van der Waals surface area contributed by atoms with Crippen LogP contribution in [0.25, 0.3) is 0 Å². The zero-order valence-corrected chi connectivity index (χ0v) is 45.0. The minimum absolute atomic E-state index is 0.469. The lowest BCUT2D eigenvalue weighted by molar-refractivity contribution is 0.104. The monoisotopic (exact) mass is 976 g/mol. The summed E-state index contributed by atoms with van der Waals surface area (Å²) in [4.78, 5) is 0. The maximum atomic E-state index is 7.88. The maximum absolute atomic E-state index is 7.88. The summed E-state index contributed by atoms with van der Waals surface area (Å²) in [5, 5.41) is 4.26. The molecule has 1 aliphatic rings. The number of hydrogen-bond acceptors (Lipinski definition) is 8. The third kappa shape index (κ3) is 11.8. The molecule has 0 unspecified atom stereocenters. The number of rotatable bonds is 12. The smallest absolute Gasteiger partial charge is 0.413 e. The van der Waals surface area contributed by atoms with E-state index >= 15 is 0 Å². The minimum atomic E-state index is -4.40. The summed E-state index contributed by atoms with van der Waals surface area (Å²) >= 11 is 27.3. The van der Waals surface area contributed by atoms with Crippen LogP contribution in [0.4, 0.5) is 0 Å². The zero-order chi connectivity index (χ0) is 41.6. The highest BCUT2D eigenvalue weighted by atomic mass is 35.5. The first kappa shape index (κ1) is 46.5. The molecule has 20 heteroatoms. The van der Waals surface area contributed by atoms with Crippen molar-refractivity contribution in [3.05, 3.63) is 117 Å². The van der Waals surface area contributed by atoms with Gasteiger partial charge in [-0.2, -0.15) is 0 Å². The normalized spacial score (nSPS) is 25.4. The van der Waals surface area contributed by atoms with E-state index in [0.717, 1.165) is 0 Å². The lowest BCUT2D eigenvalue weighted by Crippen LogP contribution is -2.84. The molecule has 0 amide bonds. The van der Waals surface area contributed by atoms with Gasteiger partial charge < -0.3 is 32.9 Å². The van der Waals surface area contributed by atoms with Crippen LogP contribution >= 0.6 is 46.4 Å². The van der Waals surface area contributed by atoms with E-state index in [2.05, 4.69) is 78.6 Å². The summed E-state index contributed by atoms with van der Waals surface area (Å²) in [6, 6.07) is 29.6. The Hall–Kier alpha value is -0.545. The fourth-order valence-corrected chi connectivity index (χ4v) is 40.4. The van der Waals surface area contributed by atoms with E-state index in [1.165, 1.54) is 0 Å². The predicted molar refractivity (Wildman–Crippen MR) is 249 cm³/mol. The standard InChI is InChI=1S/C36H52Cl4O8Si8/c1-49(2,3)41-53(33-21-13-17-29(37)25-33)45-54(42-50(4,5)6,34-22-14-18-30(38)26-34)47-56(44-52(10,11)12,36-24-16-20-32(40)28-36)48-55(46-53,43-51(7,8)9)35-23-15-19-31(39)27-35/h13-28H,1-12H3. The van der Waals surface area contributed by atoms with Crippen molar-refractivity contribution in [3.8, 4) is 0 Å². The summed E-state index contributed by atoms with van der Waals surface area (Å²) in [5.74, 6) is 0. The van der Waals surface area contributed by atoms with Gasteiger partial charge in [-0.05, 0) is 127 Å². The third-order valence-corrected chi connectivity index (χ3v) is 35.3. The molecule has 8 nitrogen and oxygen atoms in total. The van der Waals surface area contributed by atoms with Gasteiger partial charge in [0, 0.05) is 40.8 Å². The SMILES string of the molecule is C[Si](C)(C)O[Si]1(c2cccc(Cl)c2)O[Si](O[Si](C)(C)C)(c2cccc(Cl)c2)O[Si](O[Si](C)(C)C)(c2cccc(Cl)c2)O[Si](O[Si](C)(C)C)(c2cccc(Cl)c2)O1. The Bertz CT molecular complexity index is 1730. The highest BCUT2D eigenvalue weighted by molar-refractivity contribution is 7.06. The summed E-state index contributed by atoms with van der Waals surface area (Å²) in [7, 11) is -28.1. The van der Waals surface area contributed by atoms with Crippen LogP contribution in [0.5, 0.6) is 0 Å². The topological polar surface area (TPSA) is 73.8 Å². The minimum Gasteiger partial charge on any atom is -0.413 e. The van der Waals surface area contributed by atoms with Gasteiger partial charge in [0.1, 0.15) is 0 Å². The van der Waals surface area contributed by atoms with Crippen molar-refractivity contribution in [3.63, 3.8) is 0 Å². The van der Waals surface area contributed by atoms with E-state index in [1.54, 1.807) is 24.3 Å². The molecule has 5 rings (SSSR count). The van der Waals surface area contributed by atoms with Crippen LogP contribution in [0.15, 0.2) is 97.1 Å².